The van der Waals surface area contributed by atoms with E-state index in [-0.39, 0.29) is 12.3 Å². The van der Waals surface area contributed by atoms with Crippen LogP contribution in [0.3, 0.4) is 0 Å². The van der Waals surface area contributed by atoms with Crippen molar-refractivity contribution in [3.63, 3.8) is 0 Å². The molecule has 0 bridgehead atoms. The number of rotatable bonds is 9. The molecule has 1 saturated heterocycles. The van der Waals surface area contributed by atoms with Gasteiger partial charge in [-0.05, 0) is 66.5 Å². The molecule has 32 heavy (non-hydrogen) atoms. The number of ether oxygens (including phenoxy) is 1. The van der Waals surface area contributed by atoms with Crippen molar-refractivity contribution in [3.05, 3.63) is 59.2 Å². The van der Waals surface area contributed by atoms with Crippen molar-refractivity contribution in [2.24, 2.45) is 11.7 Å². The molecule has 1 fully saturated rings. The van der Waals surface area contributed by atoms with E-state index in [0.717, 1.165) is 48.2 Å². The summed E-state index contributed by atoms with van der Waals surface area (Å²) in [5.41, 5.74) is 10.2. The normalized spacial score (nSPS) is 14.3. The van der Waals surface area contributed by atoms with E-state index < -0.39 is 5.97 Å². The van der Waals surface area contributed by atoms with Gasteiger partial charge >= 0.3 is 5.97 Å². The van der Waals surface area contributed by atoms with E-state index in [0.29, 0.717) is 37.0 Å². The highest BCUT2D eigenvalue weighted by Gasteiger charge is 2.19. The Kier molecular flexibility index (Phi) is 8.00. The summed E-state index contributed by atoms with van der Waals surface area (Å²) in [5, 5.41) is 24.5. The van der Waals surface area contributed by atoms with Gasteiger partial charge in [-0.1, -0.05) is 30.3 Å². The van der Waals surface area contributed by atoms with Crippen LogP contribution in [0.5, 0.6) is 0 Å². The molecular formula is C25H32N4O3. The molecule has 1 heterocycles. The van der Waals surface area contributed by atoms with Gasteiger partial charge in [-0.2, -0.15) is 0 Å². The number of piperidine rings is 1. The molecule has 0 spiro atoms. The van der Waals surface area contributed by atoms with Gasteiger partial charge in [-0.25, -0.2) is 0 Å². The first-order chi connectivity index (χ1) is 15.3. The minimum atomic E-state index is -0.821. The van der Waals surface area contributed by atoms with Gasteiger partial charge in [0.15, 0.2) is 0 Å². The smallest absolute Gasteiger partial charge is 0.303 e. The second-order valence-electron chi connectivity index (χ2n) is 8.46. The largest absolute Gasteiger partial charge is 0.481 e. The van der Waals surface area contributed by atoms with Crippen LogP contribution in [0.1, 0.15) is 42.9 Å². The molecule has 2 aromatic carbocycles. The monoisotopic (exact) mass is 436 g/mol. The fourth-order valence-corrected chi connectivity index (χ4v) is 4.05. The molecule has 2 aromatic rings. The standard InChI is InChI=1S/C25H32N4O3/c1-17(26)29-9-7-18(8-10-29)15-32-16-20-11-19(5-6-24(30)31)12-23(13-20)21-3-2-4-22(14-21)25(27)28/h2-4,11-14,18,26H,5-10,15-16H2,1H3,(H3,27,28)(H,30,31). The lowest BCUT2D eigenvalue weighted by molar-refractivity contribution is -0.136. The van der Waals surface area contributed by atoms with E-state index in [1.807, 2.05) is 37.3 Å². The molecular weight excluding hydrogens is 404 g/mol. The lowest BCUT2D eigenvalue weighted by Crippen LogP contribution is -2.37. The van der Waals surface area contributed by atoms with E-state index in [2.05, 4.69) is 11.0 Å². The molecule has 7 heteroatoms. The highest BCUT2D eigenvalue weighted by molar-refractivity contribution is 5.96. The van der Waals surface area contributed by atoms with E-state index in [4.69, 9.17) is 26.4 Å². The first-order valence-corrected chi connectivity index (χ1v) is 11.0. The third-order valence-corrected chi connectivity index (χ3v) is 5.90. The second kappa shape index (κ2) is 10.9. The average molecular weight is 437 g/mol. The number of carboxylic acids is 1. The molecule has 0 amide bonds. The summed E-state index contributed by atoms with van der Waals surface area (Å²) in [4.78, 5) is 13.2. The number of nitrogens with zero attached hydrogens (tertiary/aromatic N) is 1. The zero-order chi connectivity index (χ0) is 23.1. The number of benzene rings is 2. The third kappa shape index (κ3) is 6.65. The molecule has 0 aromatic heterocycles. The minimum Gasteiger partial charge on any atom is -0.481 e. The van der Waals surface area contributed by atoms with E-state index in [1.165, 1.54) is 0 Å². The fourth-order valence-electron chi connectivity index (χ4n) is 4.05. The minimum absolute atomic E-state index is 0.0155. The predicted octanol–water partition coefficient (Wildman–Crippen LogP) is 3.88. The van der Waals surface area contributed by atoms with Crippen LogP contribution in [0.2, 0.25) is 0 Å². The van der Waals surface area contributed by atoms with Crippen molar-refractivity contribution in [3.8, 4) is 11.1 Å². The lowest BCUT2D eigenvalue weighted by atomic mass is 9.96. The number of likely N-dealkylation sites (tertiary alicyclic amines) is 1. The predicted molar refractivity (Wildman–Crippen MR) is 126 cm³/mol. The van der Waals surface area contributed by atoms with Crippen molar-refractivity contribution >= 4 is 17.6 Å². The number of carboxylic acid groups (broad SMARTS) is 1. The summed E-state index contributed by atoms with van der Waals surface area (Å²) in [6, 6.07) is 13.6. The number of nitrogens with one attached hydrogen (secondary N) is 2. The van der Waals surface area contributed by atoms with Crippen LogP contribution >= 0.6 is 0 Å². The zero-order valence-corrected chi connectivity index (χ0v) is 18.6. The molecule has 3 rings (SSSR count). The Labute approximate surface area is 189 Å². The zero-order valence-electron chi connectivity index (χ0n) is 18.6. The molecule has 1 aliphatic rings. The molecule has 0 unspecified atom stereocenters. The highest BCUT2D eigenvalue weighted by Crippen LogP contribution is 2.25. The number of aryl methyl sites for hydroxylation is 1. The van der Waals surface area contributed by atoms with Gasteiger partial charge in [0, 0.05) is 31.7 Å². The summed E-state index contributed by atoms with van der Waals surface area (Å²) in [6.07, 6.45) is 2.57. The van der Waals surface area contributed by atoms with Crippen molar-refractivity contribution in [2.45, 2.75) is 39.2 Å². The number of aliphatic carboxylic acids is 1. The number of hydrogen-bond acceptors (Lipinski definition) is 4. The first-order valence-electron chi connectivity index (χ1n) is 11.0. The summed E-state index contributed by atoms with van der Waals surface area (Å²) in [6.45, 7) is 4.79. The highest BCUT2D eigenvalue weighted by atomic mass is 16.5. The van der Waals surface area contributed by atoms with E-state index >= 15 is 0 Å². The summed E-state index contributed by atoms with van der Waals surface area (Å²) < 4.78 is 6.05. The quantitative estimate of drug-likeness (QED) is 0.351. The molecule has 1 aliphatic heterocycles. The second-order valence-corrected chi connectivity index (χ2v) is 8.46. The van der Waals surface area contributed by atoms with Gasteiger partial charge in [0.1, 0.15) is 5.84 Å². The summed E-state index contributed by atoms with van der Waals surface area (Å²) in [7, 11) is 0. The van der Waals surface area contributed by atoms with Gasteiger partial charge in [0.2, 0.25) is 0 Å². The van der Waals surface area contributed by atoms with Crippen LogP contribution in [-0.4, -0.2) is 47.3 Å². The first kappa shape index (κ1) is 23.5. The van der Waals surface area contributed by atoms with Crippen LogP contribution in [0, 0.1) is 16.7 Å². The Morgan fingerprint density at radius 2 is 1.84 bits per heavy atom. The Balaban J connectivity index is 1.70. The Hall–Kier alpha value is -3.19. The number of amidine groups is 2. The van der Waals surface area contributed by atoms with E-state index in [1.54, 1.807) is 6.07 Å². The van der Waals surface area contributed by atoms with Crippen LogP contribution in [0.4, 0.5) is 0 Å². The summed E-state index contributed by atoms with van der Waals surface area (Å²) >= 11 is 0. The van der Waals surface area contributed by atoms with Crippen LogP contribution in [0.25, 0.3) is 11.1 Å². The van der Waals surface area contributed by atoms with Gasteiger partial charge < -0.3 is 20.5 Å². The van der Waals surface area contributed by atoms with Crippen molar-refractivity contribution in [2.75, 3.05) is 19.7 Å². The van der Waals surface area contributed by atoms with Crippen molar-refractivity contribution in [1.82, 2.24) is 4.90 Å². The number of hydrogen-bond donors (Lipinski definition) is 4. The fraction of sp³-hybridized carbons (Fsp3) is 0.400. The molecule has 5 N–H and O–H groups in total. The third-order valence-electron chi connectivity index (χ3n) is 5.90. The van der Waals surface area contributed by atoms with Crippen molar-refractivity contribution in [1.29, 1.82) is 10.8 Å². The Morgan fingerprint density at radius 1 is 1.12 bits per heavy atom. The van der Waals surface area contributed by atoms with Crippen molar-refractivity contribution < 1.29 is 14.6 Å². The number of nitrogen functional groups attached to an aromatic ring is 1. The molecule has 170 valence electrons. The number of carbonyl (C=O) groups is 1. The average Bonchev–Trinajstić information content (AvgIpc) is 2.78. The van der Waals surface area contributed by atoms with E-state index in [9.17, 15) is 4.79 Å². The molecule has 7 nitrogen and oxygen atoms in total. The Morgan fingerprint density at radius 3 is 2.50 bits per heavy atom. The van der Waals surface area contributed by atoms with Gasteiger partial charge in [0.25, 0.3) is 0 Å². The van der Waals surface area contributed by atoms with Crippen LogP contribution < -0.4 is 5.73 Å². The number of nitrogens with two attached hydrogens (primary N) is 1. The maximum absolute atomic E-state index is 11.1. The molecule has 0 atom stereocenters. The maximum atomic E-state index is 11.1. The Bertz CT molecular complexity index is 981. The molecule has 0 radical (unpaired) electrons. The van der Waals surface area contributed by atoms with Crippen LogP contribution in [0.15, 0.2) is 42.5 Å². The van der Waals surface area contributed by atoms with Gasteiger partial charge in [-0.15, -0.1) is 0 Å². The SMILES string of the molecule is CC(=N)N1CCC(COCc2cc(CCC(=O)O)cc(-c3cccc(C(=N)N)c3)c2)CC1. The van der Waals surface area contributed by atoms with Gasteiger partial charge in [-0.3, -0.25) is 15.6 Å². The topological polar surface area (TPSA) is 123 Å². The maximum Gasteiger partial charge on any atom is 0.303 e. The summed E-state index contributed by atoms with van der Waals surface area (Å²) in [5.74, 6) is 0.316. The molecule has 0 saturated carbocycles. The lowest BCUT2D eigenvalue weighted by Gasteiger charge is -2.32. The van der Waals surface area contributed by atoms with Gasteiger partial charge in [0.05, 0.1) is 12.4 Å². The molecule has 0 aliphatic carbocycles. The van der Waals surface area contributed by atoms with Crippen LogP contribution in [-0.2, 0) is 22.6 Å².